The van der Waals surface area contributed by atoms with E-state index >= 15 is 0 Å². The van der Waals surface area contributed by atoms with Gasteiger partial charge in [-0.2, -0.15) is 0 Å². The number of amides is 2. The van der Waals surface area contributed by atoms with Crippen LogP contribution in [0.1, 0.15) is 17.9 Å². The number of furan rings is 1. The summed E-state index contributed by atoms with van der Waals surface area (Å²) in [4.78, 5) is 14.3. The standard InChI is InChI=1S/C17H19ClN2O4S/c1-12-2-7-16(24-12)10-20(15-8-9-25(22,23)11-15)17(21)19-14-5-3-13(18)4-6-14/h2-7,15H,8-11H2,1H3,(H,19,21)/t15-/m1/s1. The molecule has 0 radical (unpaired) electrons. The Hall–Kier alpha value is -1.99. The van der Waals surface area contributed by atoms with Gasteiger partial charge in [0.05, 0.1) is 18.1 Å². The van der Waals surface area contributed by atoms with Crippen LogP contribution < -0.4 is 5.32 Å². The van der Waals surface area contributed by atoms with Gasteiger partial charge in [0.15, 0.2) is 9.84 Å². The number of sulfone groups is 1. The summed E-state index contributed by atoms with van der Waals surface area (Å²) in [5, 5.41) is 3.36. The van der Waals surface area contributed by atoms with Gasteiger partial charge in [0.1, 0.15) is 11.5 Å². The SMILES string of the molecule is Cc1ccc(CN(C(=O)Nc2ccc(Cl)cc2)[C@@H]2CCS(=O)(=O)C2)o1. The number of rotatable bonds is 4. The van der Waals surface area contributed by atoms with Crippen molar-refractivity contribution < 1.29 is 17.6 Å². The van der Waals surface area contributed by atoms with Gasteiger partial charge in [-0.3, -0.25) is 0 Å². The Bertz CT molecular complexity index is 861. The monoisotopic (exact) mass is 382 g/mol. The lowest BCUT2D eigenvalue weighted by atomic mass is 10.2. The third kappa shape index (κ3) is 4.55. The number of hydrogen-bond acceptors (Lipinski definition) is 4. The molecule has 2 aromatic rings. The number of hydrogen-bond donors (Lipinski definition) is 1. The average Bonchev–Trinajstić information content (AvgIpc) is 3.12. The Labute approximate surface area is 151 Å². The molecule has 8 heteroatoms. The zero-order valence-electron chi connectivity index (χ0n) is 13.7. The van der Waals surface area contributed by atoms with Crippen LogP contribution in [0.5, 0.6) is 0 Å². The maximum atomic E-state index is 12.8. The molecule has 1 atom stereocenters. The van der Waals surface area contributed by atoms with Crippen LogP contribution in [0.15, 0.2) is 40.8 Å². The van der Waals surface area contributed by atoms with E-state index in [-0.39, 0.29) is 30.1 Å². The van der Waals surface area contributed by atoms with Crippen molar-refractivity contribution >= 4 is 33.2 Å². The maximum Gasteiger partial charge on any atom is 0.322 e. The summed E-state index contributed by atoms with van der Waals surface area (Å²) < 4.78 is 29.2. The smallest absolute Gasteiger partial charge is 0.322 e. The average molecular weight is 383 g/mol. The molecule has 25 heavy (non-hydrogen) atoms. The molecule has 6 nitrogen and oxygen atoms in total. The molecular weight excluding hydrogens is 364 g/mol. The van der Waals surface area contributed by atoms with E-state index in [4.69, 9.17) is 16.0 Å². The summed E-state index contributed by atoms with van der Waals surface area (Å²) in [6, 6.07) is 9.62. The summed E-state index contributed by atoms with van der Waals surface area (Å²) in [7, 11) is -3.11. The lowest BCUT2D eigenvalue weighted by Gasteiger charge is -2.27. The molecule has 1 aliphatic rings. The van der Waals surface area contributed by atoms with Crippen LogP contribution in [-0.4, -0.2) is 36.9 Å². The Morgan fingerprint density at radius 1 is 1.28 bits per heavy atom. The van der Waals surface area contributed by atoms with E-state index in [0.29, 0.717) is 22.9 Å². The van der Waals surface area contributed by atoms with Crippen LogP contribution in [-0.2, 0) is 16.4 Å². The fraction of sp³-hybridized carbons (Fsp3) is 0.353. The first kappa shape index (κ1) is 17.8. The largest absolute Gasteiger partial charge is 0.464 e. The summed E-state index contributed by atoms with van der Waals surface area (Å²) in [6.45, 7) is 2.04. The molecule has 0 saturated carbocycles. The van der Waals surface area contributed by atoms with Crippen molar-refractivity contribution in [3.63, 3.8) is 0 Å². The molecule has 0 aliphatic carbocycles. The van der Waals surface area contributed by atoms with Gasteiger partial charge >= 0.3 is 6.03 Å². The number of nitrogens with zero attached hydrogens (tertiary/aromatic N) is 1. The molecule has 1 aliphatic heterocycles. The molecule has 134 valence electrons. The molecule has 1 aromatic carbocycles. The Morgan fingerprint density at radius 3 is 2.56 bits per heavy atom. The van der Waals surface area contributed by atoms with Gasteiger partial charge in [-0.15, -0.1) is 0 Å². The van der Waals surface area contributed by atoms with Crippen molar-refractivity contribution in [3.05, 3.63) is 52.9 Å². The number of carbonyl (C=O) groups is 1. The van der Waals surface area contributed by atoms with Crippen LogP contribution in [0.2, 0.25) is 5.02 Å². The second-order valence-electron chi connectivity index (χ2n) is 6.13. The van der Waals surface area contributed by atoms with E-state index < -0.39 is 9.84 Å². The molecule has 1 N–H and O–H groups in total. The van der Waals surface area contributed by atoms with Gasteiger partial charge in [-0.25, -0.2) is 13.2 Å². The summed E-state index contributed by atoms with van der Waals surface area (Å²) >= 11 is 5.85. The van der Waals surface area contributed by atoms with Crippen LogP contribution >= 0.6 is 11.6 Å². The predicted octanol–water partition coefficient (Wildman–Crippen LogP) is 3.46. The number of halogens is 1. The Kier molecular flexibility index (Phi) is 5.06. The minimum absolute atomic E-state index is 0.0271. The maximum absolute atomic E-state index is 12.8. The van der Waals surface area contributed by atoms with Crippen molar-refractivity contribution in [1.82, 2.24) is 4.90 Å². The first-order valence-corrected chi connectivity index (χ1v) is 10.1. The molecule has 1 aromatic heterocycles. The van der Waals surface area contributed by atoms with Crippen LogP contribution in [0.4, 0.5) is 10.5 Å². The van der Waals surface area contributed by atoms with Gasteiger partial charge in [-0.05, 0) is 49.7 Å². The van der Waals surface area contributed by atoms with Gasteiger partial charge < -0.3 is 14.6 Å². The van der Waals surface area contributed by atoms with Crippen molar-refractivity contribution in [1.29, 1.82) is 0 Å². The van der Waals surface area contributed by atoms with Crippen LogP contribution in [0.3, 0.4) is 0 Å². The number of aryl methyl sites for hydroxylation is 1. The number of anilines is 1. The zero-order valence-corrected chi connectivity index (χ0v) is 15.3. The zero-order chi connectivity index (χ0) is 18.0. The topological polar surface area (TPSA) is 79.6 Å². The number of urea groups is 1. The molecular formula is C17H19ClN2O4S. The lowest BCUT2D eigenvalue weighted by Crippen LogP contribution is -2.43. The lowest BCUT2D eigenvalue weighted by molar-refractivity contribution is 0.183. The molecule has 3 rings (SSSR count). The van der Waals surface area contributed by atoms with E-state index in [1.54, 1.807) is 30.3 Å². The predicted molar refractivity (Wildman–Crippen MR) is 96.5 cm³/mol. The minimum Gasteiger partial charge on any atom is -0.464 e. The van der Waals surface area contributed by atoms with E-state index in [0.717, 1.165) is 5.76 Å². The second-order valence-corrected chi connectivity index (χ2v) is 8.80. The molecule has 1 saturated heterocycles. The normalized spacial score (nSPS) is 18.9. The van der Waals surface area contributed by atoms with Crippen LogP contribution in [0.25, 0.3) is 0 Å². The highest BCUT2D eigenvalue weighted by Gasteiger charge is 2.35. The van der Waals surface area contributed by atoms with E-state index in [2.05, 4.69) is 5.32 Å². The van der Waals surface area contributed by atoms with Gasteiger partial charge in [0, 0.05) is 16.8 Å². The van der Waals surface area contributed by atoms with Crippen molar-refractivity contribution in [2.75, 3.05) is 16.8 Å². The fourth-order valence-electron chi connectivity index (χ4n) is 2.85. The third-order valence-electron chi connectivity index (χ3n) is 4.13. The van der Waals surface area contributed by atoms with Crippen molar-refractivity contribution in [2.45, 2.75) is 25.9 Å². The molecule has 1 fully saturated rings. The number of carbonyl (C=O) groups excluding carboxylic acids is 1. The number of nitrogens with one attached hydrogen (secondary N) is 1. The Morgan fingerprint density at radius 2 is 2.00 bits per heavy atom. The van der Waals surface area contributed by atoms with Crippen LogP contribution in [0, 0.1) is 6.92 Å². The summed E-state index contributed by atoms with van der Waals surface area (Å²) in [6.07, 6.45) is 0.427. The second kappa shape index (κ2) is 7.09. The highest BCUT2D eigenvalue weighted by molar-refractivity contribution is 7.91. The highest BCUT2D eigenvalue weighted by atomic mass is 35.5. The quantitative estimate of drug-likeness (QED) is 0.878. The summed E-state index contributed by atoms with van der Waals surface area (Å²) in [5.41, 5.74) is 0.593. The number of benzene rings is 1. The molecule has 0 unspecified atom stereocenters. The molecule has 2 amide bonds. The van der Waals surface area contributed by atoms with Gasteiger partial charge in [0.25, 0.3) is 0 Å². The first-order chi connectivity index (χ1) is 11.8. The van der Waals surface area contributed by atoms with E-state index in [9.17, 15) is 13.2 Å². The van der Waals surface area contributed by atoms with Gasteiger partial charge in [0.2, 0.25) is 0 Å². The van der Waals surface area contributed by atoms with Gasteiger partial charge in [-0.1, -0.05) is 11.6 Å². The Balaban J connectivity index is 1.79. The highest BCUT2D eigenvalue weighted by Crippen LogP contribution is 2.22. The van der Waals surface area contributed by atoms with Crippen molar-refractivity contribution in [3.8, 4) is 0 Å². The molecule has 0 spiro atoms. The van der Waals surface area contributed by atoms with E-state index in [1.807, 2.05) is 13.0 Å². The molecule has 0 bridgehead atoms. The van der Waals surface area contributed by atoms with Crippen molar-refractivity contribution in [2.24, 2.45) is 0 Å². The third-order valence-corrected chi connectivity index (χ3v) is 6.13. The minimum atomic E-state index is -3.11. The summed E-state index contributed by atoms with van der Waals surface area (Å²) in [5.74, 6) is 1.43. The first-order valence-electron chi connectivity index (χ1n) is 7.91. The fourth-order valence-corrected chi connectivity index (χ4v) is 4.71. The molecule has 2 heterocycles. The van der Waals surface area contributed by atoms with E-state index in [1.165, 1.54) is 4.90 Å².